The second-order valence-corrected chi connectivity index (χ2v) is 8.22. The summed E-state index contributed by atoms with van der Waals surface area (Å²) >= 11 is 2.04. The lowest BCUT2D eigenvalue weighted by atomic mass is 10.1. The molecular formula is C23H20IN3O6. The number of halogens is 1. The van der Waals surface area contributed by atoms with E-state index in [1.807, 2.05) is 54.6 Å². The molecule has 0 spiro atoms. The molecular weight excluding hydrogens is 541 g/mol. The topological polar surface area (TPSA) is 117 Å². The molecule has 0 aliphatic heterocycles. The van der Waals surface area contributed by atoms with Gasteiger partial charge in [-0.3, -0.25) is 25.2 Å². The van der Waals surface area contributed by atoms with Crippen LogP contribution in [0.1, 0.15) is 23.6 Å². The van der Waals surface area contributed by atoms with Gasteiger partial charge >= 0.3 is 5.69 Å². The van der Waals surface area contributed by atoms with Gasteiger partial charge in [-0.25, -0.2) is 0 Å². The molecule has 0 atom stereocenters. The Hall–Kier alpha value is -3.54. The highest BCUT2D eigenvalue weighted by molar-refractivity contribution is 14.1. The normalized spacial score (nSPS) is 10.9. The summed E-state index contributed by atoms with van der Waals surface area (Å²) in [5.74, 6) is 0.525. The molecule has 0 unspecified atom stereocenters. The molecule has 0 bridgehead atoms. The number of aryl methyl sites for hydroxylation is 2. The molecule has 3 rings (SSSR count). The lowest BCUT2D eigenvalue weighted by Crippen LogP contribution is -2.01. The van der Waals surface area contributed by atoms with Crippen LogP contribution in [0.5, 0.6) is 17.2 Å². The summed E-state index contributed by atoms with van der Waals surface area (Å²) in [6.07, 6.45) is 1.70. The highest BCUT2D eigenvalue weighted by atomic mass is 127. The standard InChI is InChI=1S/C23H20IN3O6/c1-4-32-22-11-16(13-25-17-6-5-14(2)15(3)9-17)10-19(24)23(22)33-21-8-7-18(26(28)29)12-20(21)27(30)31/h5-13H,4H2,1-3H3. The van der Waals surface area contributed by atoms with Gasteiger partial charge < -0.3 is 9.47 Å². The van der Waals surface area contributed by atoms with Gasteiger partial charge in [0.1, 0.15) is 0 Å². The molecule has 170 valence electrons. The largest absolute Gasteiger partial charge is 0.490 e. The van der Waals surface area contributed by atoms with Gasteiger partial charge in [-0.2, -0.15) is 0 Å². The first-order valence-corrected chi connectivity index (χ1v) is 11.0. The summed E-state index contributed by atoms with van der Waals surface area (Å²) < 4.78 is 12.2. The second-order valence-electron chi connectivity index (χ2n) is 7.06. The Morgan fingerprint density at radius 1 is 0.970 bits per heavy atom. The monoisotopic (exact) mass is 561 g/mol. The van der Waals surface area contributed by atoms with E-state index in [9.17, 15) is 20.2 Å². The van der Waals surface area contributed by atoms with E-state index in [0.29, 0.717) is 15.9 Å². The van der Waals surface area contributed by atoms with E-state index in [2.05, 4.69) is 4.99 Å². The van der Waals surface area contributed by atoms with Crippen LogP contribution in [0.25, 0.3) is 0 Å². The summed E-state index contributed by atoms with van der Waals surface area (Å²) in [4.78, 5) is 25.5. The van der Waals surface area contributed by atoms with Gasteiger partial charge in [0.15, 0.2) is 11.5 Å². The van der Waals surface area contributed by atoms with Crippen LogP contribution in [0.2, 0.25) is 0 Å². The van der Waals surface area contributed by atoms with Gasteiger partial charge in [-0.05, 0) is 90.4 Å². The summed E-state index contributed by atoms with van der Waals surface area (Å²) in [5, 5.41) is 22.4. The molecule has 33 heavy (non-hydrogen) atoms. The number of aliphatic imine (C=N–C) groups is 1. The first kappa shape index (κ1) is 24.1. The van der Waals surface area contributed by atoms with E-state index in [4.69, 9.17) is 9.47 Å². The molecule has 0 heterocycles. The van der Waals surface area contributed by atoms with E-state index >= 15 is 0 Å². The summed E-state index contributed by atoms with van der Waals surface area (Å²) in [6.45, 7) is 6.20. The van der Waals surface area contributed by atoms with E-state index < -0.39 is 21.2 Å². The fraction of sp³-hybridized carbons (Fsp3) is 0.174. The maximum Gasteiger partial charge on any atom is 0.318 e. The van der Waals surface area contributed by atoms with Crippen molar-refractivity contribution in [3.63, 3.8) is 0 Å². The van der Waals surface area contributed by atoms with Gasteiger partial charge in [0.2, 0.25) is 5.75 Å². The molecule has 10 heteroatoms. The van der Waals surface area contributed by atoms with Crippen molar-refractivity contribution in [2.24, 2.45) is 4.99 Å². The quantitative estimate of drug-likeness (QED) is 0.131. The molecule has 0 aliphatic rings. The van der Waals surface area contributed by atoms with Crippen LogP contribution >= 0.6 is 22.6 Å². The average molecular weight is 561 g/mol. The Morgan fingerprint density at radius 3 is 2.36 bits per heavy atom. The number of benzene rings is 3. The minimum absolute atomic E-state index is 0.124. The van der Waals surface area contributed by atoms with Crippen LogP contribution in [0.3, 0.4) is 0 Å². The Bertz CT molecular complexity index is 1260. The van der Waals surface area contributed by atoms with Gasteiger partial charge in [-0.15, -0.1) is 0 Å². The van der Waals surface area contributed by atoms with Gasteiger partial charge in [-0.1, -0.05) is 6.07 Å². The molecule has 0 amide bonds. The Balaban J connectivity index is 1.98. The average Bonchev–Trinajstić information content (AvgIpc) is 2.77. The number of nitro groups is 2. The SMILES string of the molecule is CCOc1cc(C=Nc2ccc(C)c(C)c2)cc(I)c1Oc1ccc([N+](=O)[O-])cc1[N+](=O)[O-]. The summed E-state index contributed by atoms with van der Waals surface area (Å²) in [5.41, 5.74) is 2.99. The number of ether oxygens (including phenoxy) is 2. The maximum absolute atomic E-state index is 11.5. The fourth-order valence-electron chi connectivity index (χ4n) is 2.94. The Labute approximate surface area is 203 Å². The summed E-state index contributed by atoms with van der Waals surface area (Å²) in [7, 11) is 0. The van der Waals surface area contributed by atoms with Crippen molar-refractivity contribution in [2.75, 3.05) is 6.61 Å². The van der Waals surface area contributed by atoms with E-state index in [0.717, 1.165) is 28.9 Å². The molecule has 3 aromatic carbocycles. The Morgan fingerprint density at radius 2 is 1.73 bits per heavy atom. The van der Waals surface area contributed by atoms with E-state index in [-0.39, 0.29) is 11.5 Å². The molecule has 0 fully saturated rings. The van der Waals surface area contributed by atoms with Crippen molar-refractivity contribution in [1.29, 1.82) is 0 Å². The molecule has 0 saturated carbocycles. The number of hydrogen-bond acceptors (Lipinski definition) is 7. The van der Waals surface area contributed by atoms with Gasteiger partial charge in [0.05, 0.1) is 31.8 Å². The molecule has 0 saturated heterocycles. The second kappa shape index (κ2) is 10.4. The molecule has 3 aromatic rings. The zero-order valence-corrected chi connectivity index (χ0v) is 20.2. The number of rotatable bonds is 8. The predicted molar refractivity (Wildman–Crippen MR) is 133 cm³/mol. The van der Waals surface area contributed by atoms with Crippen LogP contribution in [-0.2, 0) is 0 Å². The van der Waals surface area contributed by atoms with Crippen LogP contribution in [0.4, 0.5) is 17.1 Å². The first-order chi connectivity index (χ1) is 15.7. The molecule has 0 radical (unpaired) electrons. The molecule has 0 N–H and O–H groups in total. The fourth-order valence-corrected chi connectivity index (χ4v) is 3.67. The van der Waals surface area contributed by atoms with Crippen LogP contribution in [0, 0.1) is 37.6 Å². The smallest absolute Gasteiger partial charge is 0.318 e. The predicted octanol–water partition coefficient (Wildman–Crippen LogP) is 6.67. The minimum atomic E-state index is -0.722. The molecule has 0 aromatic heterocycles. The third kappa shape index (κ3) is 5.83. The Kier molecular flexibility index (Phi) is 7.59. The summed E-state index contributed by atoms with van der Waals surface area (Å²) in [6, 6.07) is 12.7. The van der Waals surface area contributed by atoms with E-state index in [1.165, 1.54) is 11.6 Å². The number of hydrogen-bond donors (Lipinski definition) is 0. The maximum atomic E-state index is 11.5. The van der Waals surface area contributed by atoms with Crippen molar-refractivity contribution in [3.05, 3.63) is 89.0 Å². The third-order valence-electron chi connectivity index (χ3n) is 4.75. The zero-order chi connectivity index (χ0) is 24.1. The minimum Gasteiger partial charge on any atom is -0.490 e. The van der Waals surface area contributed by atoms with Crippen molar-refractivity contribution in [2.45, 2.75) is 20.8 Å². The first-order valence-electron chi connectivity index (χ1n) is 9.88. The van der Waals surface area contributed by atoms with Crippen molar-refractivity contribution in [3.8, 4) is 17.2 Å². The number of nitro benzene ring substituents is 2. The number of nitrogens with zero attached hydrogens (tertiary/aromatic N) is 3. The van der Waals surface area contributed by atoms with Crippen molar-refractivity contribution in [1.82, 2.24) is 0 Å². The van der Waals surface area contributed by atoms with E-state index in [1.54, 1.807) is 25.3 Å². The lowest BCUT2D eigenvalue weighted by molar-refractivity contribution is -0.394. The van der Waals surface area contributed by atoms with Crippen LogP contribution < -0.4 is 9.47 Å². The molecule has 9 nitrogen and oxygen atoms in total. The highest BCUT2D eigenvalue weighted by Gasteiger charge is 2.23. The van der Waals surface area contributed by atoms with Gasteiger partial charge in [0, 0.05) is 12.3 Å². The van der Waals surface area contributed by atoms with Crippen LogP contribution in [0.15, 0.2) is 53.5 Å². The van der Waals surface area contributed by atoms with Gasteiger partial charge in [0.25, 0.3) is 5.69 Å². The number of non-ortho nitro benzene ring substituents is 1. The van der Waals surface area contributed by atoms with Crippen LogP contribution in [-0.4, -0.2) is 22.7 Å². The lowest BCUT2D eigenvalue weighted by Gasteiger charge is -2.14. The molecule has 0 aliphatic carbocycles. The van der Waals surface area contributed by atoms with Crippen molar-refractivity contribution >= 4 is 45.9 Å². The zero-order valence-electron chi connectivity index (χ0n) is 18.1. The highest BCUT2D eigenvalue weighted by Crippen LogP contribution is 2.41. The third-order valence-corrected chi connectivity index (χ3v) is 5.55. The van der Waals surface area contributed by atoms with Crippen molar-refractivity contribution < 1.29 is 19.3 Å².